The van der Waals surface area contributed by atoms with Gasteiger partial charge in [-0.25, -0.2) is 0 Å². The van der Waals surface area contributed by atoms with Crippen molar-refractivity contribution in [1.29, 1.82) is 0 Å². The molecular weight excluding hydrogens is 292 g/mol. The molecule has 3 fully saturated rings. The number of fused-ring (bicyclic) bond motifs is 3. The van der Waals surface area contributed by atoms with Crippen LogP contribution in [0.3, 0.4) is 0 Å². The van der Waals surface area contributed by atoms with E-state index in [4.69, 9.17) is 0 Å². The molecule has 0 spiro atoms. The monoisotopic (exact) mass is 316 g/mol. The van der Waals surface area contributed by atoms with Crippen molar-refractivity contribution in [3.63, 3.8) is 0 Å². The summed E-state index contributed by atoms with van der Waals surface area (Å²) in [5, 5.41) is 3.13. The van der Waals surface area contributed by atoms with E-state index in [2.05, 4.69) is 5.32 Å². The van der Waals surface area contributed by atoms with Gasteiger partial charge in [0, 0.05) is 19.0 Å². The Morgan fingerprint density at radius 2 is 1.78 bits per heavy atom. The first-order valence-electron chi connectivity index (χ1n) is 8.93. The Hall–Kier alpha value is -1.65. The summed E-state index contributed by atoms with van der Waals surface area (Å²) in [7, 11) is 0. The van der Waals surface area contributed by atoms with Crippen molar-refractivity contribution in [3.05, 3.63) is 12.2 Å². The Morgan fingerprint density at radius 3 is 2.35 bits per heavy atom. The summed E-state index contributed by atoms with van der Waals surface area (Å²) in [6, 6.07) is 0.318. The molecule has 124 valence electrons. The third-order valence-corrected chi connectivity index (χ3v) is 6.25. The Balaban J connectivity index is 1.30. The SMILES string of the molecule is O=C(CCN1C(=O)[C@H]2CC=CC[C@H]2C1=O)NC1CC2CCC1C2. The van der Waals surface area contributed by atoms with Gasteiger partial charge < -0.3 is 5.32 Å². The van der Waals surface area contributed by atoms with Gasteiger partial charge in [0.15, 0.2) is 0 Å². The molecule has 3 amide bonds. The second-order valence-corrected chi connectivity index (χ2v) is 7.58. The van der Waals surface area contributed by atoms with Crippen LogP contribution in [0.4, 0.5) is 0 Å². The second kappa shape index (κ2) is 5.77. The molecule has 0 aromatic carbocycles. The predicted molar refractivity (Wildman–Crippen MR) is 84.1 cm³/mol. The van der Waals surface area contributed by atoms with Crippen molar-refractivity contribution >= 4 is 17.7 Å². The summed E-state index contributed by atoms with van der Waals surface area (Å²) < 4.78 is 0. The van der Waals surface area contributed by atoms with E-state index in [1.807, 2.05) is 12.2 Å². The van der Waals surface area contributed by atoms with E-state index in [9.17, 15) is 14.4 Å². The first-order valence-corrected chi connectivity index (χ1v) is 8.93. The van der Waals surface area contributed by atoms with Crippen molar-refractivity contribution in [3.8, 4) is 0 Å². The smallest absolute Gasteiger partial charge is 0.233 e. The molecule has 1 saturated heterocycles. The van der Waals surface area contributed by atoms with Crippen LogP contribution in [-0.2, 0) is 14.4 Å². The average Bonchev–Trinajstić information content (AvgIpc) is 3.22. The lowest BCUT2D eigenvalue weighted by Gasteiger charge is -2.23. The molecule has 5 heteroatoms. The molecule has 5 atom stereocenters. The number of imide groups is 1. The van der Waals surface area contributed by atoms with E-state index >= 15 is 0 Å². The molecule has 0 radical (unpaired) electrons. The molecule has 1 N–H and O–H groups in total. The fourth-order valence-electron chi connectivity index (χ4n) is 5.00. The summed E-state index contributed by atoms with van der Waals surface area (Å²) in [6.07, 6.45) is 10.4. The topological polar surface area (TPSA) is 66.5 Å². The van der Waals surface area contributed by atoms with Gasteiger partial charge in [-0.05, 0) is 43.9 Å². The molecule has 4 rings (SSSR count). The molecule has 1 heterocycles. The standard InChI is InChI=1S/C18H24N2O3/c21-16(19-15-10-11-5-6-12(15)9-11)7-8-20-17(22)13-3-1-2-4-14(13)18(20)23/h1-2,11-15H,3-10H2,(H,19,21)/t11?,12?,13-,14+,15?. The van der Waals surface area contributed by atoms with Crippen LogP contribution in [-0.4, -0.2) is 35.2 Å². The lowest BCUT2D eigenvalue weighted by Crippen LogP contribution is -2.41. The zero-order valence-electron chi connectivity index (χ0n) is 13.4. The van der Waals surface area contributed by atoms with Crippen LogP contribution < -0.4 is 5.32 Å². The summed E-state index contributed by atoms with van der Waals surface area (Å²) in [6.45, 7) is 0.233. The van der Waals surface area contributed by atoms with Crippen LogP contribution in [0.1, 0.15) is 44.9 Å². The van der Waals surface area contributed by atoms with Gasteiger partial charge in [0.1, 0.15) is 0 Å². The summed E-state index contributed by atoms with van der Waals surface area (Å²) in [5.41, 5.74) is 0. The van der Waals surface area contributed by atoms with Crippen molar-refractivity contribution in [2.24, 2.45) is 23.7 Å². The molecule has 0 aromatic heterocycles. The number of nitrogens with one attached hydrogen (secondary N) is 1. The normalized spacial score (nSPS) is 38.3. The van der Waals surface area contributed by atoms with Gasteiger partial charge >= 0.3 is 0 Å². The summed E-state index contributed by atoms with van der Waals surface area (Å²) in [5.74, 6) is 0.864. The molecule has 4 aliphatic rings. The Kier molecular flexibility index (Phi) is 3.74. The van der Waals surface area contributed by atoms with E-state index in [0.29, 0.717) is 24.8 Å². The number of nitrogens with zero attached hydrogens (tertiary/aromatic N) is 1. The molecule has 3 unspecified atom stereocenters. The zero-order chi connectivity index (χ0) is 16.0. The van der Waals surface area contributed by atoms with Crippen LogP contribution in [0.5, 0.6) is 0 Å². The Bertz CT molecular complexity index is 545. The van der Waals surface area contributed by atoms with Crippen molar-refractivity contribution in [1.82, 2.24) is 10.2 Å². The van der Waals surface area contributed by atoms with Gasteiger partial charge in [0.05, 0.1) is 11.8 Å². The number of carbonyl (C=O) groups is 3. The third kappa shape index (κ3) is 2.60. The highest BCUT2D eigenvalue weighted by atomic mass is 16.2. The molecule has 0 aromatic rings. The van der Waals surface area contributed by atoms with Crippen LogP contribution in [0.25, 0.3) is 0 Å². The van der Waals surface area contributed by atoms with Gasteiger partial charge in [-0.15, -0.1) is 0 Å². The molecule has 3 aliphatic carbocycles. The maximum absolute atomic E-state index is 12.4. The van der Waals surface area contributed by atoms with Gasteiger partial charge in [-0.1, -0.05) is 18.6 Å². The number of hydrogen-bond acceptors (Lipinski definition) is 3. The first-order chi connectivity index (χ1) is 11.1. The molecule has 5 nitrogen and oxygen atoms in total. The average molecular weight is 316 g/mol. The van der Waals surface area contributed by atoms with Gasteiger partial charge in [0.2, 0.25) is 17.7 Å². The minimum absolute atomic E-state index is 0.0175. The van der Waals surface area contributed by atoms with Crippen molar-refractivity contribution in [2.75, 3.05) is 6.54 Å². The predicted octanol–water partition coefficient (Wildman–Crippen LogP) is 1.63. The van der Waals surface area contributed by atoms with E-state index in [1.54, 1.807) is 0 Å². The van der Waals surface area contributed by atoms with E-state index in [0.717, 1.165) is 12.3 Å². The molecular formula is C18H24N2O3. The first kappa shape index (κ1) is 14.9. The van der Waals surface area contributed by atoms with Gasteiger partial charge in [-0.2, -0.15) is 0 Å². The number of allylic oxidation sites excluding steroid dienone is 2. The van der Waals surface area contributed by atoms with Crippen LogP contribution in [0.15, 0.2) is 12.2 Å². The van der Waals surface area contributed by atoms with Crippen molar-refractivity contribution < 1.29 is 14.4 Å². The number of likely N-dealkylation sites (tertiary alicyclic amines) is 1. The minimum atomic E-state index is -0.193. The molecule has 2 bridgehead atoms. The largest absolute Gasteiger partial charge is 0.353 e. The Labute approximate surface area is 136 Å². The lowest BCUT2D eigenvalue weighted by molar-refractivity contribution is -0.140. The fourth-order valence-corrected chi connectivity index (χ4v) is 5.00. The highest BCUT2D eigenvalue weighted by Crippen LogP contribution is 2.44. The number of hydrogen-bond donors (Lipinski definition) is 1. The maximum atomic E-state index is 12.4. The number of amides is 3. The van der Waals surface area contributed by atoms with E-state index in [-0.39, 0.29) is 42.5 Å². The second-order valence-electron chi connectivity index (χ2n) is 7.58. The number of rotatable bonds is 4. The van der Waals surface area contributed by atoms with Crippen LogP contribution >= 0.6 is 0 Å². The molecule has 2 saturated carbocycles. The third-order valence-electron chi connectivity index (χ3n) is 6.25. The van der Waals surface area contributed by atoms with E-state index in [1.165, 1.54) is 24.2 Å². The van der Waals surface area contributed by atoms with Gasteiger partial charge in [-0.3, -0.25) is 19.3 Å². The maximum Gasteiger partial charge on any atom is 0.233 e. The molecule has 1 aliphatic heterocycles. The highest BCUT2D eigenvalue weighted by Gasteiger charge is 2.47. The Morgan fingerprint density at radius 1 is 1.09 bits per heavy atom. The highest BCUT2D eigenvalue weighted by molar-refractivity contribution is 6.05. The zero-order valence-corrected chi connectivity index (χ0v) is 13.4. The summed E-state index contributed by atoms with van der Waals surface area (Å²) >= 11 is 0. The minimum Gasteiger partial charge on any atom is -0.353 e. The number of carbonyl (C=O) groups excluding carboxylic acids is 3. The fraction of sp³-hybridized carbons (Fsp3) is 0.722. The quantitative estimate of drug-likeness (QED) is 0.633. The van der Waals surface area contributed by atoms with Crippen LogP contribution in [0.2, 0.25) is 0 Å². The lowest BCUT2D eigenvalue weighted by atomic mass is 9.85. The van der Waals surface area contributed by atoms with Crippen molar-refractivity contribution in [2.45, 2.75) is 51.0 Å². The van der Waals surface area contributed by atoms with Gasteiger partial charge in [0.25, 0.3) is 0 Å². The van der Waals surface area contributed by atoms with Crippen LogP contribution in [0, 0.1) is 23.7 Å². The summed E-state index contributed by atoms with van der Waals surface area (Å²) in [4.78, 5) is 38.2. The molecule has 23 heavy (non-hydrogen) atoms. The van der Waals surface area contributed by atoms with E-state index < -0.39 is 0 Å².